The summed E-state index contributed by atoms with van der Waals surface area (Å²) in [6, 6.07) is 15.8. The molecule has 0 fully saturated rings. The van der Waals surface area contributed by atoms with E-state index >= 15 is 0 Å². The van der Waals surface area contributed by atoms with E-state index in [1.165, 1.54) is 0 Å². The standard InChI is InChI=1S/C13H9O2S/c14-13(11-8-4-5-9-12(11)16)15-10-6-2-1-3-7-10/h1-9H. The fourth-order valence-corrected chi connectivity index (χ4v) is 1.52. The van der Waals surface area contributed by atoms with Crippen molar-refractivity contribution in [2.75, 3.05) is 0 Å². The largest absolute Gasteiger partial charge is 0.423 e. The van der Waals surface area contributed by atoms with Crippen LogP contribution in [0.25, 0.3) is 0 Å². The maximum absolute atomic E-state index is 11.7. The summed E-state index contributed by atoms with van der Waals surface area (Å²) in [5.74, 6) is 0.0996. The quantitative estimate of drug-likeness (QED) is 0.582. The normalized spacial score (nSPS) is 9.75. The van der Waals surface area contributed by atoms with Gasteiger partial charge in [-0.25, -0.2) is 4.79 Å². The van der Waals surface area contributed by atoms with Crippen LogP contribution in [0.1, 0.15) is 10.4 Å². The van der Waals surface area contributed by atoms with Gasteiger partial charge in [-0.2, -0.15) is 0 Å². The highest BCUT2D eigenvalue weighted by atomic mass is 32.1. The lowest BCUT2D eigenvalue weighted by atomic mass is 10.2. The van der Waals surface area contributed by atoms with Crippen molar-refractivity contribution in [1.29, 1.82) is 0 Å². The van der Waals surface area contributed by atoms with E-state index in [-0.39, 0.29) is 0 Å². The molecule has 0 heterocycles. The highest BCUT2D eigenvalue weighted by molar-refractivity contribution is 7.80. The van der Waals surface area contributed by atoms with Gasteiger partial charge in [0.25, 0.3) is 0 Å². The molecule has 0 atom stereocenters. The third-order valence-electron chi connectivity index (χ3n) is 2.06. The van der Waals surface area contributed by atoms with E-state index < -0.39 is 5.97 Å². The highest BCUT2D eigenvalue weighted by Crippen LogP contribution is 2.16. The van der Waals surface area contributed by atoms with Gasteiger partial charge >= 0.3 is 5.97 Å². The fourth-order valence-electron chi connectivity index (χ4n) is 1.29. The summed E-state index contributed by atoms with van der Waals surface area (Å²) in [6.45, 7) is 0. The van der Waals surface area contributed by atoms with Crippen LogP contribution in [0, 0.1) is 0 Å². The molecule has 1 radical (unpaired) electrons. The molecule has 79 valence electrons. The molecule has 0 N–H and O–H groups in total. The molecule has 2 aromatic carbocycles. The van der Waals surface area contributed by atoms with Crippen molar-refractivity contribution >= 4 is 18.6 Å². The van der Waals surface area contributed by atoms with Crippen molar-refractivity contribution in [3.63, 3.8) is 0 Å². The number of hydrogen-bond acceptors (Lipinski definition) is 2. The minimum Gasteiger partial charge on any atom is -0.423 e. The van der Waals surface area contributed by atoms with Crippen molar-refractivity contribution in [3.8, 4) is 5.75 Å². The number of esters is 1. The van der Waals surface area contributed by atoms with Crippen LogP contribution in [0.2, 0.25) is 0 Å². The van der Waals surface area contributed by atoms with Gasteiger partial charge in [0.05, 0.1) is 10.5 Å². The van der Waals surface area contributed by atoms with Crippen molar-refractivity contribution in [2.45, 2.75) is 4.90 Å². The molecule has 0 aliphatic heterocycles. The average Bonchev–Trinajstić information content (AvgIpc) is 2.31. The molecule has 0 unspecified atom stereocenters. The molecule has 0 saturated carbocycles. The first-order valence-electron chi connectivity index (χ1n) is 4.80. The van der Waals surface area contributed by atoms with Crippen LogP contribution < -0.4 is 4.74 Å². The number of carbonyl (C=O) groups is 1. The maximum atomic E-state index is 11.7. The van der Waals surface area contributed by atoms with Gasteiger partial charge in [0, 0.05) is 0 Å². The van der Waals surface area contributed by atoms with E-state index in [0.29, 0.717) is 16.2 Å². The van der Waals surface area contributed by atoms with Crippen LogP contribution in [0.15, 0.2) is 59.5 Å². The zero-order valence-corrected chi connectivity index (χ0v) is 9.24. The predicted octanol–water partition coefficient (Wildman–Crippen LogP) is 3.46. The topological polar surface area (TPSA) is 26.3 Å². The van der Waals surface area contributed by atoms with Gasteiger partial charge in [0.1, 0.15) is 5.75 Å². The van der Waals surface area contributed by atoms with Gasteiger partial charge in [-0.15, -0.1) is 0 Å². The molecule has 0 aliphatic carbocycles. The molecule has 0 spiro atoms. The van der Waals surface area contributed by atoms with Gasteiger partial charge in [0.2, 0.25) is 0 Å². The summed E-state index contributed by atoms with van der Waals surface area (Å²) in [5, 5.41) is 0. The van der Waals surface area contributed by atoms with Crippen molar-refractivity contribution in [2.24, 2.45) is 0 Å². The third kappa shape index (κ3) is 2.38. The first kappa shape index (κ1) is 10.6. The Morgan fingerprint density at radius 3 is 2.25 bits per heavy atom. The summed E-state index contributed by atoms with van der Waals surface area (Å²) in [6.07, 6.45) is 0. The van der Waals surface area contributed by atoms with Crippen LogP contribution >= 0.6 is 12.6 Å². The van der Waals surface area contributed by atoms with Crippen LogP contribution in [0.3, 0.4) is 0 Å². The molecule has 2 aromatic rings. The average molecular weight is 229 g/mol. The SMILES string of the molecule is O=C(Oc1ccccc1)c1ccccc1[S]. The maximum Gasteiger partial charge on any atom is 0.345 e. The molecule has 0 bridgehead atoms. The Hall–Kier alpha value is -1.87. The number of para-hydroxylation sites is 1. The summed E-state index contributed by atoms with van der Waals surface area (Å²) >= 11 is 5.04. The van der Waals surface area contributed by atoms with Gasteiger partial charge in [-0.3, -0.25) is 0 Å². The van der Waals surface area contributed by atoms with E-state index in [1.54, 1.807) is 36.4 Å². The summed E-state index contributed by atoms with van der Waals surface area (Å²) in [4.78, 5) is 12.2. The predicted molar refractivity (Wildman–Crippen MR) is 63.7 cm³/mol. The molecule has 16 heavy (non-hydrogen) atoms. The molecular weight excluding hydrogens is 220 g/mol. The van der Waals surface area contributed by atoms with Crippen LogP contribution in [-0.4, -0.2) is 5.97 Å². The molecule has 0 saturated heterocycles. The third-order valence-corrected chi connectivity index (χ3v) is 2.42. The lowest BCUT2D eigenvalue weighted by Gasteiger charge is -2.04. The number of ether oxygens (including phenoxy) is 1. The lowest BCUT2D eigenvalue weighted by molar-refractivity contribution is 0.0731. The molecule has 0 aromatic heterocycles. The Morgan fingerprint density at radius 2 is 1.56 bits per heavy atom. The second-order valence-corrected chi connectivity index (χ2v) is 3.64. The Morgan fingerprint density at radius 1 is 0.938 bits per heavy atom. The van der Waals surface area contributed by atoms with E-state index in [9.17, 15) is 4.79 Å². The van der Waals surface area contributed by atoms with Gasteiger partial charge in [-0.05, 0) is 24.3 Å². The first-order chi connectivity index (χ1) is 7.77. The molecule has 2 nitrogen and oxygen atoms in total. The van der Waals surface area contributed by atoms with Crippen LogP contribution in [-0.2, 0) is 0 Å². The zero-order chi connectivity index (χ0) is 11.4. The van der Waals surface area contributed by atoms with Crippen molar-refractivity contribution in [1.82, 2.24) is 0 Å². The van der Waals surface area contributed by atoms with E-state index in [0.717, 1.165) is 0 Å². The van der Waals surface area contributed by atoms with Gasteiger partial charge in [-0.1, -0.05) is 43.0 Å². The first-order valence-corrected chi connectivity index (χ1v) is 5.21. The highest BCUT2D eigenvalue weighted by Gasteiger charge is 2.11. The molecule has 3 heteroatoms. The number of benzene rings is 2. The molecule has 2 rings (SSSR count). The Bertz CT molecular complexity index is 494. The summed E-state index contributed by atoms with van der Waals surface area (Å²) < 4.78 is 5.18. The Balaban J connectivity index is 2.19. The molecular formula is C13H9O2S. The summed E-state index contributed by atoms with van der Waals surface area (Å²) in [5.41, 5.74) is 0.418. The van der Waals surface area contributed by atoms with E-state index in [2.05, 4.69) is 0 Å². The Kier molecular flexibility index (Phi) is 3.17. The molecule has 0 aliphatic rings. The monoisotopic (exact) mass is 229 g/mol. The van der Waals surface area contributed by atoms with Crippen LogP contribution in [0.5, 0.6) is 5.75 Å². The number of carbonyl (C=O) groups excluding carboxylic acids is 1. The number of hydrogen-bond donors (Lipinski definition) is 0. The summed E-state index contributed by atoms with van der Waals surface area (Å²) in [7, 11) is 0. The zero-order valence-electron chi connectivity index (χ0n) is 8.42. The van der Waals surface area contributed by atoms with Gasteiger partial charge < -0.3 is 4.74 Å². The minimum atomic E-state index is -0.420. The minimum absolute atomic E-state index is 0.418. The van der Waals surface area contributed by atoms with Gasteiger partial charge in [0.15, 0.2) is 0 Å². The second-order valence-electron chi connectivity index (χ2n) is 3.20. The van der Waals surface area contributed by atoms with Crippen molar-refractivity contribution in [3.05, 3.63) is 60.2 Å². The molecule has 0 amide bonds. The smallest absolute Gasteiger partial charge is 0.345 e. The van der Waals surface area contributed by atoms with E-state index in [1.807, 2.05) is 18.2 Å². The van der Waals surface area contributed by atoms with E-state index in [4.69, 9.17) is 17.4 Å². The number of rotatable bonds is 2. The Labute approximate surface area is 99.3 Å². The second kappa shape index (κ2) is 4.77. The fraction of sp³-hybridized carbons (Fsp3) is 0. The van der Waals surface area contributed by atoms with Crippen molar-refractivity contribution < 1.29 is 9.53 Å². The van der Waals surface area contributed by atoms with Crippen LogP contribution in [0.4, 0.5) is 0 Å². The lowest BCUT2D eigenvalue weighted by Crippen LogP contribution is -2.09.